The smallest absolute Gasteiger partial charge is 0.256 e. The molecule has 1 N–H and O–H groups in total. The van der Waals surface area contributed by atoms with Gasteiger partial charge in [-0.3, -0.25) is 14.4 Å². The molecular weight excluding hydrogens is 400 g/mol. The van der Waals surface area contributed by atoms with Crippen molar-refractivity contribution in [1.82, 2.24) is 20.0 Å². The standard InChI is InChI=1S/C22H30N4O3S/c1-4-14(2)18(21(29)25-11-9-24(3)10-12-25)23-19(27)17-13-30-22-16-8-6-5-7-15(16)20(28)26(17)22/h5-8,14,17-18,22H,4,9-13H2,1-3H3,(H,23,27)/t14-,17+,18+,22-/m1/s1. The number of thioether (sulfide) groups is 1. The van der Waals surface area contributed by atoms with E-state index in [1.165, 1.54) is 0 Å². The second-order valence-electron chi connectivity index (χ2n) is 8.50. The van der Waals surface area contributed by atoms with Gasteiger partial charge >= 0.3 is 0 Å². The molecule has 8 heteroatoms. The van der Waals surface area contributed by atoms with E-state index in [-0.39, 0.29) is 29.0 Å². The predicted molar refractivity (Wildman–Crippen MR) is 117 cm³/mol. The van der Waals surface area contributed by atoms with Crippen LogP contribution >= 0.6 is 11.8 Å². The highest BCUT2D eigenvalue weighted by Gasteiger charge is 2.49. The second-order valence-corrected chi connectivity index (χ2v) is 9.61. The number of nitrogens with zero attached hydrogens (tertiary/aromatic N) is 3. The number of carbonyl (C=O) groups is 3. The maximum Gasteiger partial charge on any atom is 0.256 e. The van der Waals surface area contributed by atoms with Gasteiger partial charge < -0.3 is 20.0 Å². The normalized spacial score (nSPS) is 25.6. The first-order chi connectivity index (χ1) is 14.4. The lowest BCUT2D eigenvalue weighted by Gasteiger charge is -2.36. The van der Waals surface area contributed by atoms with Crippen LogP contribution in [0.1, 0.15) is 41.6 Å². The summed E-state index contributed by atoms with van der Waals surface area (Å²) in [6.45, 7) is 7.08. The number of nitrogens with one attached hydrogen (secondary N) is 1. The number of rotatable bonds is 5. The van der Waals surface area contributed by atoms with Gasteiger partial charge in [-0.15, -0.1) is 11.8 Å². The van der Waals surface area contributed by atoms with Crippen LogP contribution in [-0.2, 0) is 9.59 Å². The van der Waals surface area contributed by atoms with E-state index in [9.17, 15) is 14.4 Å². The fraction of sp³-hybridized carbons (Fsp3) is 0.591. The monoisotopic (exact) mass is 430 g/mol. The molecule has 162 valence electrons. The van der Waals surface area contributed by atoms with E-state index in [0.29, 0.717) is 24.4 Å². The van der Waals surface area contributed by atoms with E-state index >= 15 is 0 Å². The van der Waals surface area contributed by atoms with E-state index in [4.69, 9.17) is 0 Å². The van der Waals surface area contributed by atoms with Crippen molar-refractivity contribution in [1.29, 1.82) is 0 Å². The van der Waals surface area contributed by atoms with Gasteiger partial charge in [-0.05, 0) is 24.6 Å². The summed E-state index contributed by atoms with van der Waals surface area (Å²) >= 11 is 1.62. The molecular formula is C22H30N4O3S. The Morgan fingerprint density at radius 1 is 1.20 bits per heavy atom. The zero-order valence-electron chi connectivity index (χ0n) is 17.8. The molecule has 4 atom stereocenters. The molecule has 1 aromatic rings. The van der Waals surface area contributed by atoms with Crippen molar-refractivity contribution in [2.24, 2.45) is 5.92 Å². The van der Waals surface area contributed by atoms with Crippen molar-refractivity contribution < 1.29 is 14.4 Å². The maximum absolute atomic E-state index is 13.3. The third kappa shape index (κ3) is 3.71. The molecule has 3 amide bonds. The highest BCUT2D eigenvalue weighted by atomic mass is 32.2. The molecule has 30 heavy (non-hydrogen) atoms. The fourth-order valence-corrected chi connectivity index (χ4v) is 5.86. The third-order valence-electron chi connectivity index (χ3n) is 6.59. The molecule has 3 aliphatic heterocycles. The summed E-state index contributed by atoms with van der Waals surface area (Å²) in [6, 6.07) is 6.46. The number of benzene rings is 1. The summed E-state index contributed by atoms with van der Waals surface area (Å²) in [5, 5.41) is 2.92. The Bertz CT molecular complexity index is 839. The Kier molecular flexibility index (Phi) is 6.06. The number of hydrogen-bond donors (Lipinski definition) is 1. The number of carbonyl (C=O) groups excluding carboxylic acids is 3. The molecule has 0 bridgehead atoms. The predicted octanol–water partition coefficient (Wildman–Crippen LogP) is 1.56. The summed E-state index contributed by atoms with van der Waals surface area (Å²) in [4.78, 5) is 45.2. The Hall–Kier alpha value is -2.06. The molecule has 2 fully saturated rings. The summed E-state index contributed by atoms with van der Waals surface area (Å²) in [6.07, 6.45) is 0.792. The first-order valence-electron chi connectivity index (χ1n) is 10.7. The minimum absolute atomic E-state index is 0.0102. The summed E-state index contributed by atoms with van der Waals surface area (Å²) in [5.41, 5.74) is 1.66. The van der Waals surface area contributed by atoms with E-state index < -0.39 is 12.1 Å². The molecule has 0 saturated carbocycles. The average molecular weight is 431 g/mol. The molecule has 0 unspecified atom stereocenters. The van der Waals surface area contributed by atoms with Gasteiger partial charge in [0.05, 0.1) is 0 Å². The molecule has 0 spiro atoms. The van der Waals surface area contributed by atoms with Gasteiger partial charge in [-0.25, -0.2) is 0 Å². The van der Waals surface area contributed by atoms with Crippen molar-refractivity contribution in [3.05, 3.63) is 35.4 Å². The van der Waals surface area contributed by atoms with Crippen LogP contribution in [0.5, 0.6) is 0 Å². The van der Waals surface area contributed by atoms with Crippen LogP contribution in [0, 0.1) is 5.92 Å². The molecule has 7 nitrogen and oxygen atoms in total. The SMILES string of the molecule is CC[C@@H](C)[C@H](NC(=O)[C@@H]1CS[C@@H]2c3ccccc3C(=O)N21)C(=O)N1CCN(C)CC1. The van der Waals surface area contributed by atoms with Crippen LogP contribution in [0.15, 0.2) is 24.3 Å². The van der Waals surface area contributed by atoms with E-state index in [2.05, 4.69) is 17.3 Å². The largest absolute Gasteiger partial charge is 0.342 e. The van der Waals surface area contributed by atoms with Crippen molar-refractivity contribution in [3.63, 3.8) is 0 Å². The van der Waals surface area contributed by atoms with Gasteiger partial charge in [-0.2, -0.15) is 0 Å². The van der Waals surface area contributed by atoms with E-state index in [0.717, 1.165) is 25.1 Å². The van der Waals surface area contributed by atoms with Crippen LogP contribution in [0.25, 0.3) is 0 Å². The van der Waals surface area contributed by atoms with Gasteiger partial charge in [0.2, 0.25) is 11.8 Å². The van der Waals surface area contributed by atoms with Crippen LogP contribution in [0.2, 0.25) is 0 Å². The lowest BCUT2D eigenvalue weighted by Crippen LogP contribution is -2.58. The molecule has 0 aromatic heterocycles. The zero-order valence-corrected chi connectivity index (χ0v) is 18.7. The van der Waals surface area contributed by atoms with Crippen LogP contribution < -0.4 is 5.32 Å². The summed E-state index contributed by atoms with van der Waals surface area (Å²) in [5.74, 6) is 0.249. The lowest BCUT2D eigenvalue weighted by molar-refractivity contribution is -0.140. The molecule has 2 saturated heterocycles. The lowest BCUT2D eigenvalue weighted by atomic mass is 9.97. The van der Waals surface area contributed by atoms with Gasteiger partial charge in [0.25, 0.3) is 5.91 Å². The van der Waals surface area contributed by atoms with Gasteiger partial charge in [0.15, 0.2) is 0 Å². The van der Waals surface area contributed by atoms with Crippen molar-refractivity contribution in [2.75, 3.05) is 39.0 Å². The van der Waals surface area contributed by atoms with E-state index in [1.807, 2.05) is 43.0 Å². The second kappa shape index (κ2) is 8.59. The van der Waals surface area contributed by atoms with Crippen molar-refractivity contribution in [3.8, 4) is 0 Å². The Morgan fingerprint density at radius 3 is 2.60 bits per heavy atom. The highest BCUT2D eigenvalue weighted by molar-refractivity contribution is 7.99. The van der Waals surface area contributed by atoms with Crippen LogP contribution in [-0.4, -0.2) is 83.5 Å². The van der Waals surface area contributed by atoms with Gasteiger partial charge in [0.1, 0.15) is 17.5 Å². The topological polar surface area (TPSA) is 73.0 Å². The molecule has 4 rings (SSSR count). The Balaban J connectivity index is 1.48. The van der Waals surface area contributed by atoms with Gasteiger partial charge in [-0.1, -0.05) is 38.5 Å². The molecule has 0 radical (unpaired) electrons. The Labute approximate surface area is 182 Å². The molecule has 3 aliphatic rings. The molecule has 3 heterocycles. The summed E-state index contributed by atoms with van der Waals surface area (Å²) in [7, 11) is 2.05. The number of fused-ring (bicyclic) bond motifs is 3. The molecule has 0 aliphatic carbocycles. The first kappa shape index (κ1) is 21.2. The number of amides is 3. The highest BCUT2D eigenvalue weighted by Crippen LogP contribution is 2.48. The number of likely N-dealkylation sites (N-methyl/N-ethyl adjacent to an activating group) is 1. The third-order valence-corrected chi connectivity index (χ3v) is 7.89. The maximum atomic E-state index is 13.3. The zero-order chi connectivity index (χ0) is 21.4. The summed E-state index contributed by atoms with van der Waals surface area (Å²) < 4.78 is 0. The van der Waals surface area contributed by atoms with Crippen LogP contribution in [0.3, 0.4) is 0 Å². The van der Waals surface area contributed by atoms with Gasteiger partial charge in [0, 0.05) is 37.5 Å². The fourth-order valence-electron chi connectivity index (χ4n) is 4.40. The van der Waals surface area contributed by atoms with Crippen molar-refractivity contribution >= 4 is 29.5 Å². The minimum atomic E-state index is -0.560. The Morgan fingerprint density at radius 2 is 1.90 bits per heavy atom. The quantitative estimate of drug-likeness (QED) is 0.768. The minimum Gasteiger partial charge on any atom is -0.342 e. The first-order valence-corrected chi connectivity index (χ1v) is 11.8. The molecule has 1 aromatic carbocycles. The average Bonchev–Trinajstić information content (AvgIpc) is 3.32. The van der Waals surface area contributed by atoms with E-state index in [1.54, 1.807) is 16.7 Å². The van der Waals surface area contributed by atoms with Crippen molar-refractivity contribution in [2.45, 2.75) is 37.7 Å². The van der Waals surface area contributed by atoms with Crippen LogP contribution in [0.4, 0.5) is 0 Å². The number of piperazine rings is 1. The number of hydrogen-bond acceptors (Lipinski definition) is 5.